The fourth-order valence-corrected chi connectivity index (χ4v) is 5.46. The summed E-state index contributed by atoms with van der Waals surface area (Å²) < 4.78 is 31.6. The molecular weight excluding hydrogens is 760 g/mol. The highest BCUT2D eigenvalue weighted by Gasteiger charge is 2.48. The second-order valence-electron chi connectivity index (χ2n) is 13.7. The molecule has 0 bridgehead atoms. The van der Waals surface area contributed by atoms with Crippen molar-refractivity contribution in [3.05, 3.63) is 83.1 Å². The number of hydrogen-bond acceptors (Lipinski definition) is 19. The minimum absolute atomic E-state index is 0.0944. The minimum Gasteiger partial charge on any atom is -0.429 e. The average molecular weight is 815 g/mol. The maximum absolute atomic E-state index is 12.7. The minimum atomic E-state index is -1.83. The molecule has 3 fully saturated rings. The first-order valence-corrected chi connectivity index (χ1v) is 18.0. The third-order valence-corrected chi connectivity index (χ3v) is 9.12. The van der Waals surface area contributed by atoms with Crippen molar-refractivity contribution in [2.75, 3.05) is 19.8 Å². The molecule has 15 atom stereocenters. The number of ether oxygens (including phenoxy) is 6. The number of carbonyl (C=O) groups excluding carboxylic acids is 2. The van der Waals surface area contributed by atoms with Crippen molar-refractivity contribution < 1.29 is 94.2 Å². The predicted molar refractivity (Wildman–Crippen MR) is 195 cm³/mol. The molecule has 3 aliphatic heterocycles. The van der Waals surface area contributed by atoms with Crippen LogP contribution in [0.4, 0.5) is 0 Å². The lowest BCUT2D eigenvalue weighted by Gasteiger charge is -2.42. The second kappa shape index (κ2) is 22.6. The fourth-order valence-electron chi connectivity index (χ4n) is 5.46. The zero-order valence-corrected chi connectivity index (χ0v) is 31.7. The van der Waals surface area contributed by atoms with Crippen molar-refractivity contribution in [1.82, 2.24) is 0 Å². The molecule has 3 rings (SSSR count). The molecule has 320 valence electrons. The van der Waals surface area contributed by atoms with E-state index in [-0.39, 0.29) is 11.1 Å². The quantitative estimate of drug-likeness (QED) is 0.0445. The van der Waals surface area contributed by atoms with Gasteiger partial charge in [0.15, 0.2) is 6.29 Å². The summed E-state index contributed by atoms with van der Waals surface area (Å²) in [6.45, 7) is 4.59. The Hall–Kier alpha value is -3.48. The maximum Gasteiger partial charge on any atom is 0.336 e. The Morgan fingerprint density at radius 3 is 1.23 bits per heavy atom. The summed E-state index contributed by atoms with van der Waals surface area (Å²) in [6, 6.07) is 0. The van der Waals surface area contributed by atoms with Gasteiger partial charge in [-0.2, -0.15) is 0 Å². The Morgan fingerprint density at radius 1 is 0.474 bits per heavy atom. The number of aliphatic hydroxyl groups excluding tert-OH is 11. The van der Waals surface area contributed by atoms with Gasteiger partial charge in [0.1, 0.15) is 73.2 Å². The van der Waals surface area contributed by atoms with Crippen molar-refractivity contribution in [1.29, 1.82) is 0 Å². The van der Waals surface area contributed by atoms with E-state index in [0.717, 1.165) is 11.1 Å². The van der Waals surface area contributed by atoms with Crippen LogP contribution >= 0.6 is 0 Å². The second-order valence-corrected chi connectivity index (χ2v) is 13.7. The van der Waals surface area contributed by atoms with Crippen LogP contribution < -0.4 is 0 Å². The molecule has 0 saturated carbocycles. The van der Waals surface area contributed by atoms with Gasteiger partial charge in [-0.15, -0.1) is 0 Å². The van der Waals surface area contributed by atoms with Gasteiger partial charge in [-0.05, 0) is 27.7 Å². The van der Waals surface area contributed by atoms with Crippen molar-refractivity contribution in [3.8, 4) is 0 Å². The summed E-state index contributed by atoms with van der Waals surface area (Å²) in [7, 11) is 0. The molecular formula is C38H54O19. The summed E-state index contributed by atoms with van der Waals surface area (Å²) in [5, 5.41) is 110. The predicted octanol–water partition coefficient (Wildman–Crippen LogP) is -3.05. The summed E-state index contributed by atoms with van der Waals surface area (Å²) in [5.74, 6) is -1.75. The Morgan fingerprint density at radius 2 is 0.825 bits per heavy atom. The average Bonchev–Trinajstić information content (AvgIpc) is 3.18. The number of allylic oxidation sites excluding steroid dienone is 12. The molecule has 3 aliphatic rings. The third-order valence-electron chi connectivity index (χ3n) is 9.12. The Balaban J connectivity index is 1.48. The Labute approximate surface area is 328 Å². The van der Waals surface area contributed by atoms with E-state index in [9.17, 15) is 65.8 Å². The lowest BCUT2D eigenvalue weighted by Crippen LogP contribution is -2.61. The van der Waals surface area contributed by atoms with Crippen LogP contribution in [0.3, 0.4) is 0 Å². The van der Waals surface area contributed by atoms with Crippen LogP contribution in [0.1, 0.15) is 27.7 Å². The smallest absolute Gasteiger partial charge is 0.336 e. The van der Waals surface area contributed by atoms with E-state index in [2.05, 4.69) is 0 Å². The van der Waals surface area contributed by atoms with Gasteiger partial charge in [0.2, 0.25) is 12.6 Å². The normalized spacial score (nSPS) is 37.6. The van der Waals surface area contributed by atoms with Crippen LogP contribution in [0.25, 0.3) is 0 Å². The molecule has 57 heavy (non-hydrogen) atoms. The molecule has 3 saturated heterocycles. The van der Waals surface area contributed by atoms with E-state index in [4.69, 9.17) is 28.4 Å². The topological polar surface area (TPSA) is 312 Å². The van der Waals surface area contributed by atoms with Crippen LogP contribution in [0, 0.1) is 0 Å². The lowest BCUT2D eigenvalue weighted by molar-refractivity contribution is -0.326. The van der Waals surface area contributed by atoms with E-state index < -0.39 is 124 Å². The molecule has 0 aromatic rings. The van der Waals surface area contributed by atoms with E-state index >= 15 is 0 Å². The summed E-state index contributed by atoms with van der Waals surface area (Å²) in [5.41, 5.74) is 1.86. The molecule has 0 amide bonds. The Kier molecular flexibility index (Phi) is 19.0. The van der Waals surface area contributed by atoms with Gasteiger partial charge in [0.25, 0.3) is 0 Å². The molecule has 11 N–H and O–H groups in total. The van der Waals surface area contributed by atoms with Gasteiger partial charge in [-0.3, -0.25) is 0 Å². The molecule has 19 heteroatoms. The summed E-state index contributed by atoms with van der Waals surface area (Å²) >= 11 is 0. The summed E-state index contributed by atoms with van der Waals surface area (Å²) in [4.78, 5) is 25.2. The highest BCUT2D eigenvalue weighted by atomic mass is 16.7. The fraction of sp³-hybridized carbons (Fsp3) is 0.579. The molecule has 3 heterocycles. The number of aliphatic hydroxyl groups is 11. The van der Waals surface area contributed by atoms with Gasteiger partial charge in [-0.25, -0.2) is 9.59 Å². The number of carbonyl (C=O) groups is 2. The van der Waals surface area contributed by atoms with Crippen molar-refractivity contribution in [2.24, 2.45) is 0 Å². The number of hydrogen-bond donors (Lipinski definition) is 11. The number of rotatable bonds is 15. The highest BCUT2D eigenvalue weighted by molar-refractivity contribution is 5.88. The van der Waals surface area contributed by atoms with E-state index in [1.807, 2.05) is 6.92 Å². The van der Waals surface area contributed by atoms with Crippen molar-refractivity contribution >= 4 is 11.9 Å². The zero-order chi connectivity index (χ0) is 42.6. The first-order chi connectivity index (χ1) is 26.9. The third kappa shape index (κ3) is 13.3. The first-order valence-electron chi connectivity index (χ1n) is 18.0. The molecule has 0 aliphatic carbocycles. The van der Waals surface area contributed by atoms with Gasteiger partial charge < -0.3 is 84.6 Å². The largest absolute Gasteiger partial charge is 0.429 e. The van der Waals surface area contributed by atoms with Crippen LogP contribution in [0.5, 0.6) is 0 Å². The zero-order valence-electron chi connectivity index (χ0n) is 31.7. The lowest BCUT2D eigenvalue weighted by atomic mass is 9.98. The molecule has 0 radical (unpaired) electrons. The molecule has 19 nitrogen and oxygen atoms in total. The monoisotopic (exact) mass is 814 g/mol. The maximum atomic E-state index is 12.7. The van der Waals surface area contributed by atoms with Gasteiger partial charge >= 0.3 is 11.9 Å². The van der Waals surface area contributed by atoms with Gasteiger partial charge in [0.05, 0.1) is 19.8 Å². The Bertz CT molecular complexity index is 1550. The van der Waals surface area contributed by atoms with E-state index in [0.29, 0.717) is 0 Å². The number of esters is 2. The van der Waals surface area contributed by atoms with Crippen LogP contribution in [0.15, 0.2) is 83.1 Å². The van der Waals surface area contributed by atoms with E-state index in [1.165, 1.54) is 26.0 Å². The standard InChI is InChI=1S/C38H54O19/c1-18(11-7-13-20(3)34(50)56-37-32(48)29(45)26(42)23(16-40)54-37)9-5-6-10-19(2)12-8-14-21(4)35(51)57-38-33(49)30(46)27(43)24(55-38)17-52-36-31(47)28(44)25(41)22(15-39)53-36/h5-14,22-33,36-49H,15-17H2,1-4H3/t22-,23-,24-,25-,26-,27-,28+,29+,30+,31-,32-,33-,36-,37+,38+/m1/s1. The van der Waals surface area contributed by atoms with Crippen molar-refractivity contribution in [2.45, 2.75) is 120 Å². The molecule has 0 unspecified atom stereocenters. The molecule has 0 aromatic heterocycles. The molecule has 0 aromatic carbocycles. The van der Waals surface area contributed by atoms with E-state index in [1.54, 1.807) is 55.5 Å². The van der Waals surface area contributed by atoms with Gasteiger partial charge in [0, 0.05) is 11.1 Å². The summed E-state index contributed by atoms with van der Waals surface area (Å²) in [6.07, 6.45) is -7.55. The van der Waals surface area contributed by atoms with Crippen LogP contribution in [-0.4, -0.2) is 180 Å². The van der Waals surface area contributed by atoms with Crippen LogP contribution in [-0.2, 0) is 38.0 Å². The highest BCUT2D eigenvalue weighted by Crippen LogP contribution is 2.27. The SMILES string of the molecule is CC(C=CC=C(C)C(=O)O[C@@H]1O[C@H](CO)[C@@H](O)[C@H](O)[C@H]1O)=CC=CC=C(C)C=CC=C(C)C(=O)O[C@@H]1O[C@H](CO[C@@H]2O[C@H](CO)[C@@H](O)[C@H](O)[C@H]2O)[C@@H](O)[C@H](O)[C@H]1O. The first kappa shape index (κ1) is 47.9. The van der Waals surface area contributed by atoms with Crippen molar-refractivity contribution in [3.63, 3.8) is 0 Å². The van der Waals surface area contributed by atoms with Crippen LogP contribution in [0.2, 0.25) is 0 Å². The van der Waals surface area contributed by atoms with Gasteiger partial charge in [-0.1, -0.05) is 71.9 Å². The molecule has 0 spiro atoms.